The second kappa shape index (κ2) is 4.55. The minimum Gasteiger partial charge on any atom is -0.301 e. The third kappa shape index (κ3) is 2.85. The largest absolute Gasteiger partial charge is 0.301 e. The first kappa shape index (κ1) is 13.4. The zero-order chi connectivity index (χ0) is 12.7. The molecular formula is C15H30N2. The van der Waals surface area contributed by atoms with Crippen molar-refractivity contribution in [2.45, 2.75) is 65.5 Å². The van der Waals surface area contributed by atoms with Gasteiger partial charge >= 0.3 is 0 Å². The Morgan fingerprint density at radius 3 is 1.88 bits per heavy atom. The average molecular weight is 238 g/mol. The van der Waals surface area contributed by atoms with Gasteiger partial charge in [0, 0.05) is 18.1 Å². The molecule has 2 fully saturated rings. The summed E-state index contributed by atoms with van der Waals surface area (Å²) in [6.45, 7) is 17.0. The Labute approximate surface area is 107 Å². The van der Waals surface area contributed by atoms with Crippen molar-refractivity contribution >= 4 is 0 Å². The lowest BCUT2D eigenvalue weighted by Crippen LogP contribution is -2.46. The molecule has 2 aliphatic rings. The monoisotopic (exact) mass is 238 g/mol. The Kier molecular flexibility index (Phi) is 3.57. The fourth-order valence-corrected chi connectivity index (χ4v) is 3.43. The van der Waals surface area contributed by atoms with Gasteiger partial charge in [0.15, 0.2) is 0 Å². The van der Waals surface area contributed by atoms with Crippen molar-refractivity contribution in [3.05, 3.63) is 0 Å². The third-order valence-corrected chi connectivity index (χ3v) is 4.98. The summed E-state index contributed by atoms with van der Waals surface area (Å²) in [6, 6.07) is 0.729. The lowest BCUT2D eigenvalue weighted by atomic mass is 9.77. The van der Waals surface area contributed by atoms with E-state index < -0.39 is 0 Å². The first-order valence-corrected chi connectivity index (χ1v) is 7.32. The number of rotatable bonds is 1. The molecule has 0 amide bonds. The molecule has 0 saturated carbocycles. The fourth-order valence-electron chi connectivity index (χ4n) is 3.43. The summed E-state index contributed by atoms with van der Waals surface area (Å²) in [6.07, 6.45) is 4.26. The van der Waals surface area contributed by atoms with Gasteiger partial charge in [0.2, 0.25) is 0 Å². The van der Waals surface area contributed by atoms with Crippen LogP contribution in [0.25, 0.3) is 0 Å². The molecule has 2 saturated heterocycles. The Morgan fingerprint density at radius 1 is 0.941 bits per heavy atom. The van der Waals surface area contributed by atoms with Gasteiger partial charge in [0.25, 0.3) is 0 Å². The molecule has 0 bridgehead atoms. The molecule has 17 heavy (non-hydrogen) atoms. The topological polar surface area (TPSA) is 6.48 Å². The molecular weight excluding hydrogens is 208 g/mol. The van der Waals surface area contributed by atoms with E-state index in [1.54, 1.807) is 0 Å². The predicted octanol–water partition coefficient (Wildman–Crippen LogP) is 2.98. The molecule has 2 heteroatoms. The molecule has 0 aromatic carbocycles. The maximum Gasteiger partial charge on any atom is 0.0125 e. The van der Waals surface area contributed by atoms with Gasteiger partial charge in [-0.15, -0.1) is 0 Å². The fraction of sp³-hybridized carbons (Fsp3) is 1.00. The summed E-state index contributed by atoms with van der Waals surface area (Å²) in [7, 11) is 0. The lowest BCUT2D eigenvalue weighted by molar-refractivity contribution is 0.0732. The van der Waals surface area contributed by atoms with Gasteiger partial charge in [-0.25, -0.2) is 0 Å². The highest BCUT2D eigenvalue weighted by Gasteiger charge is 2.43. The molecule has 2 aliphatic heterocycles. The zero-order valence-corrected chi connectivity index (χ0v) is 12.4. The van der Waals surface area contributed by atoms with Crippen LogP contribution in [0.4, 0.5) is 0 Å². The minimum absolute atomic E-state index is 0.360. The second-order valence-electron chi connectivity index (χ2n) is 7.47. The summed E-state index contributed by atoms with van der Waals surface area (Å²) in [5.41, 5.74) is 1.01. The predicted molar refractivity (Wildman–Crippen MR) is 74.3 cm³/mol. The van der Waals surface area contributed by atoms with E-state index in [2.05, 4.69) is 44.4 Å². The van der Waals surface area contributed by atoms with Crippen LogP contribution in [0.3, 0.4) is 0 Å². The molecule has 0 unspecified atom stereocenters. The molecule has 0 aliphatic carbocycles. The maximum absolute atomic E-state index is 2.69. The quantitative estimate of drug-likeness (QED) is 0.693. The summed E-state index contributed by atoms with van der Waals surface area (Å²) in [5.74, 6) is 0. The molecule has 100 valence electrons. The van der Waals surface area contributed by atoms with Gasteiger partial charge in [-0.2, -0.15) is 0 Å². The van der Waals surface area contributed by atoms with Crippen molar-refractivity contribution in [3.63, 3.8) is 0 Å². The zero-order valence-electron chi connectivity index (χ0n) is 12.4. The SMILES string of the molecule is CC(C)N1CCC2(CC1)CCN(C(C)(C)C)C2. The normalized spacial score (nSPS) is 27.2. The van der Waals surface area contributed by atoms with Crippen LogP contribution in [-0.2, 0) is 0 Å². The van der Waals surface area contributed by atoms with E-state index in [9.17, 15) is 0 Å². The molecule has 0 N–H and O–H groups in total. The summed E-state index contributed by atoms with van der Waals surface area (Å²) >= 11 is 0. The van der Waals surface area contributed by atoms with Gasteiger partial charge < -0.3 is 4.90 Å². The average Bonchev–Trinajstić information content (AvgIpc) is 2.62. The minimum atomic E-state index is 0.360. The molecule has 2 rings (SSSR count). The van der Waals surface area contributed by atoms with Crippen molar-refractivity contribution in [1.29, 1.82) is 0 Å². The van der Waals surface area contributed by atoms with E-state index in [-0.39, 0.29) is 0 Å². The van der Waals surface area contributed by atoms with Crippen molar-refractivity contribution in [2.75, 3.05) is 26.2 Å². The number of piperidine rings is 1. The van der Waals surface area contributed by atoms with Crippen molar-refractivity contribution < 1.29 is 0 Å². The Bertz CT molecular complexity index is 257. The van der Waals surface area contributed by atoms with Crippen LogP contribution in [0, 0.1) is 5.41 Å². The highest BCUT2D eigenvalue weighted by Crippen LogP contribution is 2.42. The Hall–Kier alpha value is -0.0800. The van der Waals surface area contributed by atoms with E-state index in [1.165, 1.54) is 45.4 Å². The first-order valence-electron chi connectivity index (χ1n) is 7.32. The van der Waals surface area contributed by atoms with Gasteiger partial charge in [-0.1, -0.05) is 0 Å². The number of likely N-dealkylation sites (tertiary alicyclic amines) is 2. The standard InChI is InChI=1S/C15H30N2/c1-13(2)16-9-6-15(7-10-16)8-11-17(12-15)14(3,4)5/h13H,6-12H2,1-5H3. The van der Waals surface area contributed by atoms with Crippen molar-refractivity contribution in [3.8, 4) is 0 Å². The van der Waals surface area contributed by atoms with Crippen molar-refractivity contribution in [1.82, 2.24) is 9.80 Å². The Balaban J connectivity index is 1.92. The maximum atomic E-state index is 2.69. The van der Waals surface area contributed by atoms with E-state index in [0.29, 0.717) is 11.0 Å². The van der Waals surface area contributed by atoms with E-state index in [0.717, 1.165) is 6.04 Å². The van der Waals surface area contributed by atoms with Crippen LogP contribution >= 0.6 is 0 Å². The smallest absolute Gasteiger partial charge is 0.0125 e. The lowest BCUT2D eigenvalue weighted by Gasteiger charge is -2.42. The molecule has 2 nitrogen and oxygen atoms in total. The van der Waals surface area contributed by atoms with Crippen LogP contribution in [-0.4, -0.2) is 47.6 Å². The highest BCUT2D eigenvalue weighted by molar-refractivity contribution is 4.97. The van der Waals surface area contributed by atoms with Crippen LogP contribution in [0.2, 0.25) is 0 Å². The van der Waals surface area contributed by atoms with Crippen LogP contribution in [0.1, 0.15) is 53.9 Å². The Morgan fingerprint density at radius 2 is 1.47 bits per heavy atom. The van der Waals surface area contributed by atoms with E-state index in [4.69, 9.17) is 0 Å². The van der Waals surface area contributed by atoms with Gasteiger partial charge in [0.1, 0.15) is 0 Å². The second-order valence-corrected chi connectivity index (χ2v) is 7.47. The van der Waals surface area contributed by atoms with E-state index >= 15 is 0 Å². The van der Waals surface area contributed by atoms with Crippen LogP contribution < -0.4 is 0 Å². The summed E-state index contributed by atoms with van der Waals surface area (Å²) < 4.78 is 0. The summed E-state index contributed by atoms with van der Waals surface area (Å²) in [5, 5.41) is 0. The van der Waals surface area contributed by atoms with Crippen molar-refractivity contribution in [2.24, 2.45) is 5.41 Å². The van der Waals surface area contributed by atoms with Gasteiger partial charge in [-0.3, -0.25) is 4.90 Å². The number of hydrogen-bond donors (Lipinski definition) is 0. The van der Waals surface area contributed by atoms with Gasteiger partial charge in [-0.05, 0) is 78.9 Å². The molecule has 0 radical (unpaired) electrons. The number of nitrogens with zero attached hydrogens (tertiary/aromatic N) is 2. The van der Waals surface area contributed by atoms with E-state index in [1.807, 2.05) is 0 Å². The van der Waals surface area contributed by atoms with Gasteiger partial charge in [0.05, 0.1) is 0 Å². The molecule has 0 aromatic rings. The molecule has 0 aromatic heterocycles. The first-order chi connectivity index (χ1) is 7.82. The highest BCUT2D eigenvalue weighted by atomic mass is 15.2. The molecule has 0 atom stereocenters. The van der Waals surface area contributed by atoms with Crippen LogP contribution in [0.5, 0.6) is 0 Å². The molecule has 1 spiro atoms. The van der Waals surface area contributed by atoms with Crippen LogP contribution in [0.15, 0.2) is 0 Å². The number of hydrogen-bond acceptors (Lipinski definition) is 2. The third-order valence-electron chi connectivity index (χ3n) is 4.98. The molecule has 2 heterocycles. The summed E-state index contributed by atoms with van der Waals surface area (Å²) in [4.78, 5) is 5.34.